The Morgan fingerprint density at radius 2 is 1.64 bits per heavy atom. The molecule has 2 aliphatic rings. The van der Waals surface area contributed by atoms with E-state index in [2.05, 4.69) is 55.0 Å². The minimum Gasteiger partial charge on any atom is -0.351 e. The molecule has 1 atom stereocenters. The van der Waals surface area contributed by atoms with Crippen LogP contribution in [0.25, 0.3) is 0 Å². The number of nitrogens with zero attached hydrogens (tertiary/aromatic N) is 3. The van der Waals surface area contributed by atoms with Gasteiger partial charge in [0.2, 0.25) is 5.91 Å². The predicted octanol–water partition coefficient (Wildman–Crippen LogP) is 3.76. The lowest BCUT2D eigenvalue weighted by atomic mass is 10.1. The number of amides is 3. The Kier molecular flexibility index (Phi) is 10.0. The van der Waals surface area contributed by atoms with Gasteiger partial charge in [0, 0.05) is 67.1 Å². The molecular formula is C34H38N8O3. The number of carbonyl (C=O) groups excluding carboxylic acids is 3. The van der Waals surface area contributed by atoms with Gasteiger partial charge >= 0.3 is 0 Å². The molecule has 3 amide bonds. The normalized spacial score (nSPS) is 16.6. The van der Waals surface area contributed by atoms with E-state index in [4.69, 9.17) is 0 Å². The van der Waals surface area contributed by atoms with E-state index >= 15 is 0 Å². The molecule has 0 saturated carbocycles. The first-order valence-corrected chi connectivity index (χ1v) is 14.8. The number of anilines is 3. The van der Waals surface area contributed by atoms with Crippen molar-refractivity contribution in [3.63, 3.8) is 0 Å². The second-order valence-corrected chi connectivity index (χ2v) is 11.1. The van der Waals surface area contributed by atoms with Crippen molar-refractivity contribution in [2.45, 2.75) is 19.8 Å². The molecule has 232 valence electrons. The maximum absolute atomic E-state index is 13.2. The van der Waals surface area contributed by atoms with Crippen molar-refractivity contribution in [1.82, 2.24) is 20.4 Å². The van der Waals surface area contributed by atoms with Crippen molar-refractivity contribution in [1.29, 1.82) is 0 Å². The Morgan fingerprint density at radius 3 is 2.36 bits per heavy atom. The van der Waals surface area contributed by atoms with Crippen LogP contribution in [0.2, 0.25) is 0 Å². The third-order valence-corrected chi connectivity index (χ3v) is 7.59. The highest BCUT2D eigenvalue weighted by atomic mass is 16.2. The van der Waals surface area contributed by atoms with Gasteiger partial charge in [0.25, 0.3) is 11.8 Å². The topological polar surface area (TPSA) is 130 Å². The van der Waals surface area contributed by atoms with Crippen LogP contribution < -0.4 is 26.6 Å². The number of carbonyl (C=O) groups is 3. The van der Waals surface area contributed by atoms with E-state index in [1.165, 1.54) is 11.6 Å². The van der Waals surface area contributed by atoms with E-state index in [-0.39, 0.29) is 17.7 Å². The van der Waals surface area contributed by atoms with Gasteiger partial charge in [0.05, 0.1) is 11.9 Å². The number of likely N-dealkylation sites (N-methyl/N-ethyl adjacent to an activating group) is 1. The van der Waals surface area contributed by atoms with E-state index in [0.717, 1.165) is 44.0 Å². The van der Waals surface area contributed by atoms with Crippen LogP contribution in [0.1, 0.15) is 31.8 Å². The van der Waals surface area contributed by atoms with E-state index < -0.39 is 6.29 Å². The fraction of sp³-hybridized carbons (Fsp3) is 0.235. The molecule has 1 unspecified atom stereocenters. The number of allylic oxidation sites excluding steroid dienone is 1. The second kappa shape index (κ2) is 14.5. The first-order valence-electron chi connectivity index (χ1n) is 14.8. The van der Waals surface area contributed by atoms with Gasteiger partial charge in [-0.05, 0) is 73.6 Å². The summed E-state index contributed by atoms with van der Waals surface area (Å²) < 4.78 is 0. The molecule has 3 aromatic carbocycles. The second-order valence-electron chi connectivity index (χ2n) is 11.1. The lowest BCUT2D eigenvalue weighted by Gasteiger charge is -2.32. The van der Waals surface area contributed by atoms with Crippen molar-refractivity contribution in [3.05, 3.63) is 114 Å². The van der Waals surface area contributed by atoms with Crippen molar-refractivity contribution in [2.75, 3.05) is 49.2 Å². The highest BCUT2D eigenvalue weighted by Gasteiger charge is 2.17. The van der Waals surface area contributed by atoms with Crippen LogP contribution in [0.4, 0.5) is 17.1 Å². The summed E-state index contributed by atoms with van der Waals surface area (Å²) in [7, 11) is 2.14. The predicted molar refractivity (Wildman–Crippen MR) is 178 cm³/mol. The van der Waals surface area contributed by atoms with E-state index in [0.29, 0.717) is 28.2 Å². The van der Waals surface area contributed by atoms with Crippen LogP contribution >= 0.6 is 0 Å². The standard InChI is InChI=1S/C34H38N8O3/c1-4-31(43)37-26-6-5-7-27(18-26)40-34-35-20-29(21-36-34)39-33(45)30-19-28(13-8-23(30)2)38-32(44)25-11-9-24(10-12-25)22-42-16-14-41(3)15-17-42/h4-13,18-21,34-35,40H,1,14-17,22H2,2-3H3,(H,37,43)(H,38,44)(H,39,45). The number of hydrogen-bond acceptors (Lipinski definition) is 8. The molecule has 0 bridgehead atoms. The molecule has 0 aromatic heterocycles. The first-order chi connectivity index (χ1) is 21.7. The Hall–Kier alpha value is -5.26. The van der Waals surface area contributed by atoms with E-state index in [1.54, 1.807) is 48.8 Å². The average Bonchev–Trinajstić information content (AvgIpc) is 3.04. The van der Waals surface area contributed by atoms with Crippen LogP contribution in [0.5, 0.6) is 0 Å². The smallest absolute Gasteiger partial charge is 0.256 e. The maximum Gasteiger partial charge on any atom is 0.256 e. The van der Waals surface area contributed by atoms with Crippen LogP contribution in [0.3, 0.4) is 0 Å². The van der Waals surface area contributed by atoms with Crippen LogP contribution in [0, 0.1) is 6.92 Å². The Bertz CT molecular complexity index is 1620. The number of hydrogen-bond donors (Lipinski definition) is 5. The lowest BCUT2D eigenvalue weighted by molar-refractivity contribution is -0.111. The molecule has 2 heterocycles. The summed E-state index contributed by atoms with van der Waals surface area (Å²) in [4.78, 5) is 46.9. The molecule has 1 fully saturated rings. The quantitative estimate of drug-likeness (QED) is 0.222. The number of nitrogens with one attached hydrogen (secondary N) is 5. The summed E-state index contributed by atoms with van der Waals surface area (Å²) in [6.07, 6.45) is 3.94. The number of piperazine rings is 1. The third kappa shape index (κ3) is 8.65. The van der Waals surface area contributed by atoms with Crippen molar-refractivity contribution in [2.24, 2.45) is 4.99 Å². The number of aliphatic imine (C=N–C) groups is 1. The van der Waals surface area contributed by atoms with Gasteiger partial charge in [-0.2, -0.15) is 0 Å². The van der Waals surface area contributed by atoms with E-state index in [1.807, 2.05) is 37.3 Å². The third-order valence-electron chi connectivity index (χ3n) is 7.59. The monoisotopic (exact) mass is 606 g/mol. The molecule has 45 heavy (non-hydrogen) atoms. The van der Waals surface area contributed by atoms with Gasteiger partial charge < -0.3 is 31.5 Å². The highest BCUT2D eigenvalue weighted by molar-refractivity contribution is 6.06. The Labute approximate surface area is 263 Å². The summed E-state index contributed by atoms with van der Waals surface area (Å²) in [5.74, 6) is -0.863. The molecule has 0 aliphatic carbocycles. The summed E-state index contributed by atoms with van der Waals surface area (Å²) >= 11 is 0. The molecule has 3 aromatic rings. The van der Waals surface area contributed by atoms with Crippen molar-refractivity contribution >= 4 is 41.0 Å². The molecule has 2 aliphatic heterocycles. The fourth-order valence-electron chi connectivity index (χ4n) is 4.96. The number of benzene rings is 3. The molecule has 0 spiro atoms. The zero-order chi connectivity index (χ0) is 31.8. The number of rotatable bonds is 10. The maximum atomic E-state index is 13.2. The molecular weight excluding hydrogens is 568 g/mol. The Morgan fingerprint density at radius 1 is 0.911 bits per heavy atom. The number of aryl methyl sites for hydroxylation is 1. The van der Waals surface area contributed by atoms with Gasteiger partial charge in [0.1, 0.15) is 0 Å². The van der Waals surface area contributed by atoms with Crippen LogP contribution in [-0.2, 0) is 11.3 Å². The van der Waals surface area contributed by atoms with Gasteiger partial charge in [-0.3, -0.25) is 19.3 Å². The minimum atomic E-state index is -0.475. The van der Waals surface area contributed by atoms with Crippen molar-refractivity contribution in [3.8, 4) is 0 Å². The SMILES string of the molecule is C=CC(=O)Nc1cccc(NC2N=CC(NC(=O)c3cc(NC(=O)c4ccc(CN5CCN(C)CC5)cc4)ccc3C)=CN2)c1. The molecule has 1 saturated heterocycles. The summed E-state index contributed by atoms with van der Waals surface area (Å²) in [6.45, 7) is 10.4. The highest BCUT2D eigenvalue weighted by Crippen LogP contribution is 2.19. The van der Waals surface area contributed by atoms with E-state index in [9.17, 15) is 14.4 Å². The van der Waals surface area contributed by atoms with Crippen LogP contribution in [0.15, 0.2) is 96.3 Å². The van der Waals surface area contributed by atoms with Gasteiger partial charge in [-0.1, -0.05) is 30.8 Å². The fourth-order valence-corrected chi connectivity index (χ4v) is 4.96. The average molecular weight is 607 g/mol. The van der Waals surface area contributed by atoms with Gasteiger partial charge in [-0.25, -0.2) is 4.99 Å². The lowest BCUT2D eigenvalue weighted by Crippen LogP contribution is -2.43. The van der Waals surface area contributed by atoms with Crippen molar-refractivity contribution < 1.29 is 14.4 Å². The molecule has 0 radical (unpaired) electrons. The summed E-state index contributed by atoms with van der Waals surface area (Å²) in [6, 6.07) is 20.1. The molecule has 11 nitrogen and oxygen atoms in total. The molecule has 5 rings (SSSR count). The largest absolute Gasteiger partial charge is 0.351 e. The molecule has 5 N–H and O–H groups in total. The zero-order valence-electron chi connectivity index (χ0n) is 25.5. The zero-order valence-corrected chi connectivity index (χ0v) is 25.5. The summed E-state index contributed by atoms with van der Waals surface area (Å²) in [5, 5.41) is 14.8. The molecule has 11 heteroatoms. The van der Waals surface area contributed by atoms with Gasteiger partial charge in [0.15, 0.2) is 6.29 Å². The van der Waals surface area contributed by atoms with Crippen LogP contribution in [-0.4, -0.2) is 73.3 Å². The van der Waals surface area contributed by atoms with Gasteiger partial charge in [-0.15, -0.1) is 0 Å². The Balaban J connectivity index is 1.14. The first kappa shape index (κ1) is 31.2. The summed E-state index contributed by atoms with van der Waals surface area (Å²) in [5.41, 5.74) is 5.29. The minimum absolute atomic E-state index is 0.241.